The van der Waals surface area contributed by atoms with Crippen LogP contribution in [-0.2, 0) is 0 Å². The molecule has 0 aliphatic heterocycles. The highest BCUT2D eigenvalue weighted by atomic mass is 19.4. The molecule has 0 radical (unpaired) electrons. The Balaban J connectivity index is 2.22. The SMILES string of the molecule is NNc1ncc(F)c(Nc2cccc(OC(F)(F)F)c2)n1. The Bertz CT molecular complexity index is 634. The molecule has 0 amide bonds. The number of alkyl halides is 3. The Labute approximate surface area is 115 Å². The summed E-state index contributed by atoms with van der Waals surface area (Å²) in [7, 11) is 0. The van der Waals surface area contributed by atoms with E-state index in [1.165, 1.54) is 12.1 Å². The van der Waals surface area contributed by atoms with Gasteiger partial charge in [-0.05, 0) is 12.1 Å². The van der Waals surface area contributed by atoms with Gasteiger partial charge in [0.2, 0.25) is 5.95 Å². The predicted molar refractivity (Wildman–Crippen MR) is 66.2 cm³/mol. The van der Waals surface area contributed by atoms with Crippen LogP contribution >= 0.6 is 0 Å². The normalized spacial score (nSPS) is 11.1. The molecule has 1 aromatic heterocycles. The third-order valence-electron chi connectivity index (χ3n) is 2.20. The number of anilines is 3. The first-order valence-electron chi connectivity index (χ1n) is 5.49. The van der Waals surface area contributed by atoms with Crippen LogP contribution in [0.2, 0.25) is 0 Å². The zero-order valence-electron chi connectivity index (χ0n) is 10.3. The summed E-state index contributed by atoms with van der Waals surface area (Å²) < 4.78 is 53.6. The van der Waals surface area contributed by atoms with Crippen LogP contribution in [0.4, 0.5) is 35.0 Å². The van der Waals surface area contributed by atoms with Crippen LogP contribution in [0.25, 0.3) is 0 Å². The number of halogens is 4. The number of ether oxygens (including phenoxy) is 1. The second-order valence-corrected chi connectivity index (χ2v) is 3.74. The number of nitrogens with zero attached hydrogens (tertiary/aromatic N) is 2. The monoisotopic (exact) mass is 303 g/mol. The van der Waals surface area contributed by atoms with E-state index in [-0.39, 0.29) is 17.5 Å². The molecule has 0 spiro atoms. The zero-order chi connectivity index (χ0) is 15.5. The second-order valence-electron chi connectivity index (χ2n) is 3.74. The van der Waals surface area contributed by atoms with Gasteiger partial charge in [0.1, 0.15) is 5.75 Å². The van der Waals surface area contributed by atoms with Gasteiger partial charge in [0, 0.05) is 11.8 Å². The van der Waals surface area contributed by atoms with Crippen LogP contribution in [-0.4, -0.2) is 16.3 Å². The van der Waals surface area contributed by atoms with Gasteiger partial charge in [0.05, 0.1) is 6.20 Å². The maximum Gasteiger partial charge on any atom is 0.573 e. The van der Waals surface area contributed by atoms with Gasteiger partial charge in [-0.15, -0.1) is 13.2 Å². The summed E-state index contributed by atoms with van der Waals surface area (Å²) in [5.41, 5.74) is 2.27. The minimum absolute atomic E-state index is 0.0541. The van der Waals surface area contributed by atoms with Crippen LogP contribution in [0.15, 0.2) is 30.5 Å². The lowest BCUT2D eigenvalue weighted by molar-refractivity contribution is -0.274. The standard InChI is InChI=1S/C11H9F4N5O/c12-8-5-17-10(20-16)19-9(8)18-6-2-1-3-7(4-6)21-11(13,14)15/h1-5H,16H2,(H2,17,18,19,20). The van der Waals surface area contributed by atoms with Crippen LogP contribution in [0.3, 0.4) is 0 Å². The van der Waals surface area contributed by atoms with Gasteiger partial charge in [0.15, 0.2) is 11.6 Å². The fourth-order valence-electron chi connectivity index (χ4n) is 1.43. The van der Waals surface area contributed by atoms with E-state index in [0.717, 1.165) is 18.3 Å². The Hall–Kier alpha value is -2.62. The quantitative estimate of drug-likeness (QED) is 0.457. The van der Waals surface area contributed by atoms with Crippen molar-refractivity contribution in [3.63, 3.8) is 0 Å². The molecule has 6 nitrogen and oxygen atoms in total. The maximum absolute atomic E-state index is 13.5. The topological polar surface area (TPSA) is 85.1 Å². The summed E-state index contributed by atoms with van der Waals surface area (Å²) in [6, 6.07) is 4.89. The van der Waals surface area contributed by atoms with Crippen molar-refractivity contribution >= 4 is 17.5 Å². The number of benzene rings is 1. The van der Waals surface area contributed by atoms with E-state index >= 15 is 0 Å². The maximum atomic E-state index is 13.5. The predicted octanol–water partition coefficient (Wildman–Crippen LogP) is 2.54. The van der Waals surface area contributed by atoms with Gasteiger partial charge in [-0.3, -0.25) is 5.43 Å². The van der Waals surface area contributed by atoms with E-state index in [1.807, 2.05) is 0 Å². The van der Waals surface area contributed by atoms with Gasteiger partial charge in [-0.25, -0.2) is 15.2 Å². The number of nitrogens with two attached hydrogens (primary N) is 1. The molecule has 2 aromatic rings. The van der Waals surface area contributed by atoms with Crippen LogP contribution in [0.5, 0.6) is 5.75 Å². The molecule has 1 aromatic carbocycles. The highest BCUT2D eigenvalue weighted by Gasteiger charge is 2.31. The minimum Gasteiger partial charge on any atom is -0.406 e. The van der Waals surface area contributed by atoms with E-state index in [2.05, 4.69) is 25.4 Å². The number of hydrogen-bond acceptors (Lipinski definition) is 6. The van der Waals surface area contributed by atoms with E-state index in [4.69, 9.17) is 5.84 Å². The smallest absolute Gasteiger partial charge is 0.406 e. The number of nitrogens with one attached hydrogen (secondary N) is 2. The average Bonchev–Trinajstić information content (AvgIpc) is 2.40. The van der Waals surface area contributed by atoms with Crippen molar-refractivity contribution in [1.82, 2.24) is 9.97 Å². The molecular weight excluding hydrogens is 294 g/mol. The first-order chi connectivity index (χ1) is 9.87. The van der Waals surface area contributed by atoms with Crippen LogP contribution in [0.1, 0.15) is 0 Å². The molecule has 4 N–H and O–H groups in total. The molecule has 0 aliphatic rings. The van der Waals surface area contributed by atoms with Gasteiger partial charge in [-0.1, -0.05) is 6.07 Å². The lowest BCUT2D eigenvalue weighted by Gasteiger charge is -2.11. The summed E-state index contributed by atoms with van der Waals surface area (Å²) in [6.07, 6.45) is -3.95. The number of hydrazine groups is 1. The third kappa shape index (κ3) is 4.18. The highest BCUT2D eigenvalue weighted by Crippen LogP contribution is 2.26. The Morgan fingerprint density at radius 1 is 1.24 bits per heavy atom. The summed E-state index contributed by atoms with van der Waals surface area (Å²) in [4.78, 5) is 7.22. The molecule has 0 saturated heterocycles. The molecule has 1 heterocycles. The van der Waals surface area contributed by atoms with Crippen LogP contribution < -0.4 is 21.3 Å². The number of hydrogen-bond donors (Lipinski definition) is 3. The van der Waals surface area contributed by atoms with Gasteiger partial charge < -0.3 is 10.1 Å². The van der Waals surface area contributed by atoms with Crippen molar-refractivity contribution in [3.8, 4) is 5.75 Å². The van der Waals surface area contributed by atoms with E-state index in [1.54, 1.807) is 0 Å². The van der Waals surface area contributed by atoms with Crippen molar-refractivity contribution in [2.75, 3.05) is 10.7 Å². The molecule has 21 heavy (non-hydrogen) atoms. The molecule has 0 unspecified atom stereocenters. The van der Waals surface area contributed by atoms with Crippen LogP contribution in [0, 0.1) is 5.82 Å². The minimum atomic E-state index is -4.81. The molecule has 112 valence electrons. The summed E-state index contributed by atoms with van der Waals surface area (Å²) in [5.74, 6) is 3.54. The molecule has 0 saturated carbocycles. The van der Waals surface area contributed by atoms with Gasteiger partial charge >= 0.3 is 6.36 Å². The zero-order valence-corrected chi connectivity index (χ0v) is 10.3. The van der Waals surface area contributed by atoms with E-state index in [9.17, 15) is 17.6 Å². The lowest BCUT2D eigenvalue weighted by Crippen LogP contribution is -2.17. The fraction of sp³-hybridized carbons (Fsp3) is 0.0909. The highest BCUT2D eigenvalue weighted by molar-refractivity contribution is 5.59. The molecule has 0 atom stereocenters. The fourth-order valence-corrected chi connectivity index (χ4v) is 1.43. The molecular formula is C11H9F4N5O. The van der Waals surface area contributed by atoms with Crippen molar-refractivity contribution in [1.29, 1.82) is 0 Å². The van der Waals surface area contributed by atoms with Crippen molar-refractivity contribution in [3.05, 3.63) is 36.3 Å². The van der Waals surface area contributed by atoms with Gasteiger partial charge in [0.25, 0.3) is 0 Å². The second kappa shape index (κ2) is 5.79. The Morgan fingerprint density at radius 3 is 2.67 bits per heavy atom. The lowest BCUT2D eigenvalue weighted by atomic mass is 10.3. The number of aromatic nitrogens is 2. The third-order valence-corrected chi connectivity index (χ3v) is 2.20. The molecule has 0 fully saturated rings. The molecule has 10 heteroatoms. The summed E-state index contributed by atoms with van der Waals surface area (Å²) in [6.45, 7) is 0. The van der Waals surface area contributed by atoms with Crippen molar-refractivity contribution in [2.24, 2.45) is 5.84 Å². The molecule has 0 aliphatic carbocycles. The number of rotatable bonds is 4. The first kappa shape index (κ1) is 14.8. The summed E-state index contributed by atoms with van der Waals surface area (Å²) in [5, 5.41) is 2.50. The summed E-state index contributed by atoms with van der Waals surface area (Å²) >= 11 is 0. The van der Waals surface area contributed by atoms with Crippen molar-refractivity contribution < 1.29 is 22.3 Å². The first-order valence-corrected chi connectivity index (χ1v) is 5.49. The van der Waals surface area contributed by atoms with E-state index in [0.29, 0.717) is 0 Å². The molecule has 2 rings (SSSR count). The Morgan fingerprint density at radius 2 is 2.00 bits per heavy atom. The Kier molecular flexibility index (Phi) is 4.08. The van der Waals surface area contributed by atoms with Crippen molar-refractivity contribution in [2.45, 2.75) is 6.36 Å². The van der Waals surface area contributed by atoms with Gasteiger partial charge in [-0.2, -0.15) is 4.98 Å². The molecule has 0 bridgehead atoms. The number of nitrogen functional groups attached to an aromatic ring is 1. The van der Waals surface area contributed by atoms with E-state index < -0.39 is 17.9 Å². The largest absolute Gasteiger partial charge is 0.573 e. The average molecular weight is 303 g/mol.